The molecule has 0 spiro atoms. The predicted octanol–water partition coefficient (Wildman–Crippen LogP) is 20.1. The minimum atomic E-state index is 0.950. The number of nitrogens with zero attached hydrogens (tertiary/aromatic N) is 3. The Balaban J connectivity index is 0.860. The van der Waals surface area contributed by atoms with Gasteiger partial charge in [-0.1, -0.05) is 255 Å². The lowest BCUT2D eigenvalue weighted by atomic mass is 9.94. The van der Waals surface area contributed by atoms with Gasteiger partial charge in [0.1, 0.15) is 5.01 Å². The summed E-state index contributed by atoms with van der Waals surface area (Å²) in [6.07, 6.45) is 0. The van der Waals surface area contributed by atoms with E-state index in [9.17, 15) is 0 Å². The minimum Gasteiger partial charge on any atom is -0.247 e. The molecule has 0 fully saturated rings. The fourth-order valence-corrected chi connectivity index (χ4v) is 12.9. The van der Waals surface area contributed by atoms with E-state index in [-0.39, 0.29) is 0 Å². The van der Waals surface area contributed by atoms with E-state index in [1.165, 1.54) is 31.3 Å². The van der Waals surface area contributed by atoms with Crippen molar-refractivity contribution >= 4 is 53.1 Å². The fraction of sp³-hybridized carbons (Fsp3) is 0. The average molecular weight is 1000 g/mol. The Bertz CT molecular complexity index is 4190. The molecular formula is C71H45N3S2. The zero-order valence-corrected chi connectivity index (χ0v) is 42.8. The first-order valence-corrected chi connectivity index (χ1v) is 27.2. The van der Waals surface area contributed by atoms with E-state index in [0.29, 0.717) is 0 Å². The molecule has 14 rings (SSSR count). The quantitative estimate of drug-likeness (QED) is 0.137. The lowest BCUT2D eigenvalue weighted by Gasteiger charge is -2.14. The fourth-order valence-electron chi connectivity index (χ4n) is 10.6. The van der Waals surface area contributed by atoms with Gasteiger partial charge in [-0.25, -0.2) is 15.0 Å². The molecule has 0 N–H and O–H groups in total. The van der Waals surface area contributed by atoms with Gasteiger partial charge < -0.3 is 0 Å². The van der Waals surface area contributed by atoms with Crippen molar-refractivity contribution in [2.75, 3.05) is 0 Å². The summed E-state index contributed by atoms with van der Waals surface area (Å²) in [4.78, 5) is 16.1. The van der Waals surface area contributed by atoms with Crippen LogP contribution in [-0.2, 0) is 0 Å². The number of pyridine rings is 2. The summed E-state index contributed by atoms with van der Waals surface area (Å²) in [5.74, 6) is 0. The third-order valence-electron chi connectivity index (χ3n) is 14.4. The standard InChI is InChI=1S/C71H45N3S2/c1-5-16-51(17-6-1)63-44-42-56(66(72-63)53-20-9-3-10-21-53)46-28-30-48(31-29-46)58-40-41-60(50-34-32-47(33-35-50)57-43-45-64(52-18-7-2-8-19-52)73-67(57)54-22-11-4-12-23-54)70-68(58)74-71(76-70)55-38-36-49(37-39-55)59-25-15-26-62-61-24-13-14-27-65(61)75-69(59)62/h1-45H. The van der Waals surface area contributed by atoms with Gasteiger partial charge in [-0.15, -0.1) is 22.7 Å². The van der Waals surface area contributed by atoms with E-state index < -0.39 is 0 Å². The van der Waals surface area contributed by atoms with Crippen LogP contribution in [0.25, 0.3) is 142 Å². The van der Waals surface area contributed by atoms with Crippen molar-refractivity contribution < 1.29 is 0 Å². The molecule has 4 heterocycles. The molecule has 76 heavy (non-hydrogen) atoms. The van der Waals surface area contributed by atoms with Gasteiger partial charge in [0, 0.05) is 70.2 Å². The van der Waals surface area contributed by atoms with Crippen molar-refractivity contribution in [3.8, 4) is 111 Å². The highest BCUT2D eigenvalue weighted by atomic mass is 32.1. The molecule has 356 valence electrons. The summed E-state index contributed by atoms with van der Waals surface area (Å²) in [6, 6.07) is 97.3. The number of hydrogen-bond donors (Lipinski definition) is 0. The third kappa shape index (κ3) is 8.38. The van der Waals surface area contributed by atoms with Gasteiger partial charge in [0.2, 0.25) is 0 Å². The zero-order valence-electron chi connectivity index (χ0n) is 41.1. The lowest BCUT2D eigenvalue weighted by Crippen LogP contribution is -1.93. The summed E-state index contributed by atoms with van der Waals surface area (Å²) in [5.41, 5.74) is 21.6. The first kappa shape index (κ1) is 45.2. The molecule has 0 bridgehead atoms. The first-order valence-electron chi connectivity index (χ1n) is 25.6. The summed E-state index contributed by atoms with van der Waals surface area (Å²) >= 11 is 3.63. The molecule has 3 nitrogen and oxygen atoms in total. The van der Waals surface area contributed by atoms with Gasteiger partial charge in [0.05, 0.1) is 33.0 Å². The van der Waals surface area contributed by atoms with Crippen molar-refractivity contribution in [1.82, 2.24) is 15.0 Å². The number of benzene rings is 10. The van der Waals surface area contributed by atoms with Crippen LogP contribution in [0.1, 0.15) is 0 Å². The Morgan fingerprint density at radius 1 is 0.224 bits per heavy atom. The smallest absolute Gasteiger partial charge is 0.124 e. The Hall–Kier alpha value is -9.39. The summed E-state index contributed by atoms with van der Waals surface area (Å²) < 4.78 is 3.77. The lowest BCUT2D eigenvalue weighted by molar-refractivity contribution is 1.32. The van der Waals surface area contributed by atoms with Crippen LogP contribution in [0, 0.1) is 0 Å². The molecule has 0 atom stereocenters. The van der Waals surface area contributed by atoms with Crippen LogP contribution in [0.5, 0.6) is 0 Å². The molecule has 0 amide bonds. The monoisotopic (exact) mass is 1000 g/mol. The minimum absolute atomic E-state index is 0.950. The Labute approximate surface area is 449 Å². The topological polar surface area (TPSA) is 38.7 Å². The van der Waals surface area contributed by atoms with Crippen LogP contribution in [0.15, 0.2) is 273 Å². The molecule has 10 aromatic carbocycles. The predicted molar refractivity (Wildman–Crippen MR) is 322 cm³/mol. The normalized spacial score (nSPS) is 11.4. The summed E-state index contributed by atoms with van der Waals surface area (Å²) in [5, 5.41) is 3.60. The van der Waals surface area contributed by atoms with E-state index in [1.807, 2.05) is 23.5 Å². The second-order valence-electron chi connectivity index (χ2n) is 19.0. The molecule has 0 aliphatic rings. The van der Waals surface area contributed by atoms with Gasteiger partial charge in [-0.2, -0.15) is 0 Å². The number of rotatable bonds is 10. The molecule has 0 aliphatic carbocycles. The highest BCUT2D eigenvalue weighted by Crippen LogP contribution is 2.45. The second-order valence-corrected chi connectivity index (χ2v) is 21.1. The average Bonchev–Trinajstić information content (AvgIpc) is 4.15. The van der Waals surface area contributed by atoms with Crippen molar-refractivity contribution in [3.63, 3.8) is 0 Å². The van der Waals surface area contributed by atoms with E-state index in [2.05, 4.69) is 261 Å². The Morgan fingerprint density at radius 2 is 0.618 bits per heavy atom. The van der Waals surface area contributed by atoms with E-state index >= 15 is 0 Å². The molecule has 4 aromatic heterocycles. The van der Waals surface area contributed by atoms with Crippen molar-refractivity contribution in [1.29, 1.82) is 0 Å². The SMILES string of the molecule is c1ccc(-c2ccc(-c3ccc(-c4ccc(-c5ccc(-c6ccc(-c7ccccc7)nc6-c6ccccc6)cc5)c5sc(-c6ccc(-c7cccc8c7sc7ccccc78)cc6)nc45)cc3)c(-c3ccccc3)n2)cc1. The molecule has 0 aliphatic heterocycles. The van der Waals surface area contributed by atoms with E-state index in [4.69, 9.17) is 15.0 Å². The van der Waals surface area contributed by atoms with Crippen LogP contribution in [0.4, 0.5) is 0 Å². The number of thiophene rings is 1. The molecule has 14 aromatic rings. The maximum absolute atomic E-state index is 5.55. The molecular weight excluding hydrogens is 959 g/mol. The van der Waals surface area contributed by atoms with E-state index in [1.54, 1.807) is 11.3 Å². The molecule has 0 unspecified atom stereocenters. The van der Waals surface area contributed by atoms with Crippen LogP contribution < -0.4 is 0 Å². The Morgan fingerprint density at radius 3 is 1.14 bits per heavy atom. The van der Waals surface area contributed by atoms with Crippen molar-refractivity contribution in [2.24, 2.45) is 0 Å². The number of hydrogen-bond acceptors (Lipinski definition) is 5. The molecule has 0 saturated heterocycles. The van der Waals surface area contributed by atoms with Crippen molar-refractivity contribution in [3.05, 3.63) is 273 Å². The maximum atomic E-state index is 5.55. The van der Waals surface area contributed by atoms with Crippen LogP contribution >= 0.6 is 22.7 Å². The Kier molecular flexibility index (Phi) is 11.6. The number of thiazole rings is 1. The summed E-state index contributed by atoms with van der Waals surface area (Å²) in [7, 11) is 0. The number of fused-ring (bicyclic) bond motifs is 4. The summed E-state index contributed by atoms with van der Waals surface area (Å²) in [6.45, 7) is 0. The van der Waals surface area contributed by atoms with E-state index in [0.717, 1.165) is 110 Å². The van der Waals surface area contributed by atoms with Gasteiger partial charge in [0.25, 0.3) is 0 Å². The highest BCUT2D eigenvalue weighted by molar-refractivity contribution is 7.26. The van der Waals surface area contributed by atoms with Crippen molar-refractivity contribution in [2.45, 2.75) is 0 Å². The van der Waals surface area contributed by atoms with Gasteiger partial charge >= 0.3 is 0 Å². The van der Waals surface area contributed by atoms with Gasteiger partial charge in [0.15, 0.2) is 0 Å². The first-order chi connectivity index (χ1) is 37.7. The maximum Gasteiger partial charge on any atom is 0.124 e. The van der Waals surface area contributed by atoms with Crippen LogP contribution in [-0.4, -0.2) is 15.0 Å². The zero-order chi connectivity index (χ0) is 50.4. The third-order valence-corrected chi connectivity index (χ3v) is 16.8. The molecule has 0 radical (unpaired) electrons. The van der Waals surface area contributed by atoms with Crippen LogP contribution in [0.3, 0.4) is 0 Å². The number of aromatic nitrogens is 3. The molecule has 0 saturated carbocycles. The largest absolute Gasteiger partial charge is 0.247 e. The highest BCUT2D eigenvalue weighted by Gasteiger charge is 2.20. The van der Waals surface area contributed by atoms with Gasteiger partial charge in [-0.3, -0.25) is 0 Å². The van der Waals surface area contributed by atoms with Crippen LogP contribution in [0.2, 0.25) is 0 Å². The van der Waals surface area contributed by atoms with Gasteiger partial charge in [-0.05, 0) is 51.6 Å². The second kappa shape index (κ2) is 19.5. The molecule has 5 heteroatoms.